The molecule has 0 aliphatic carbocycles. The Morgan fingerprint density at radius 2 is 1.88 bits per heavy atom. The molecular weight excluding hydrogens is 219 g/mol. The second-order valence-electron chi connectivity index (χ2n) is 3.87. The number of alkyl halides is 3. The zero-order chi connectivity index (χ0) is 12.5. The van der Waals surface area contributed by atoms with Gasteiger partial charge in [0.2, 0.25) is 0 Å². The minimum Gasteiger partial charge on any atom is -0.293 e. The molecule has 0 spiro atoms. The monoisotopic (exact) mass is 231 g/mol. The largest absolute Gasteiger partial charge is 0.416 e. The van der Waals surface area contributed by atoms with Gasteiger partial charge in [0.15, 0.2) is 5.78 Å². The molecule has 0 aliphatic rings. The number of hydrogen-bond acceptors (Lipinski definition) is 2. The third-order valence-corrected chi connectivity index (χ3v) is 2.12. The molecule has 1 aromatic rings. The fourth-order valence-corrected chi connectivity index (χ4v) is 1.19. The summed E-state index contributed by atoms with van der Waals surface area (Å²) in [5.74, 6) is -0.617. The lowest BCUT2D eigenvalue weighted by Gasteiger charge is -2.12. The molecular formula is C11H12F3NO. The summed E-state index contributed by atoms with van der Waals surface area (Å²) in [6.45, 7) is 4.66. The van der Waals surface area contributed by atoms with E-state index in [2.05, 4.69) is 4.98 Å². The standard InChI is InChI=1S/C11H12F3NO/c1-6(2)9-4-8(11(12,13)14)5-10(15-9)7(3)16/h4-6H,1-3H3. The van der Waals surface area contributed by atoms with Gasteiger partial charge in [0, 0.05) is 12.6 Å². The van der Waals surface area contributed by atoms with Crippen molar-refractivity contribution in [2.75, 3.05) is 0 Å². The number of hydrogen-bond donors (Lipinski definition) is 0. The Balaban J connectivity index is 3.36. The summed E-state index contributed by atoms with van der Waals surface area (Å²) in [6, 6.07) is 1.77. The van der Waals surface area contributed by atoms with Crippen molar-refractivity contribution in [3.8, 4) is 0 Å². The van der Waals surface area contributed by atoms with Crippen molar-refractivity contribution in [2.24, 2.45) is 0 Å². The highest BCUT2D eigenvalue weighted by Gasteiger charge is 2.32. The Morgan fingerprint density at radius 1 is 1.31 bits per heavy atom. The SMILES string of the molecule is CC(=O)c1cc(C(F)(F)F)cc(C(C)C)n1. The normalized spacial score (nSPS) is 11.9. The average Bonchev–Trinajstić information content (AvgIpc) is 2.15. The van der Waals surface area contributed by atoms with Crippen LogP contribution in [0.2, 0.25) is 0 Å². The molecule has 0 amide bonds. The first-order chi connectivity index (χ1) is 7.21. The topological polar surface area (TPSA) is 30.0 Å². The highest BCUT2D eigenvalue weighted by molar-refractivity contribution is 5.92. The van der Waals surface area contributed by atoms with Gasteiger partial charge in [-0.1, -0.05) is 13.8 Å². The van der Waals surface area contributed by atoms with Gasteiger partial charge in [0.1, 0.15) is 5.69 Å². The molecule has 1 aromatic heterocycles. The molecule has 0 radical (unpaired) electrons. The highest BCUT2D eigenvalue weighted by atomic mass is 19.4. The van der Waals surface area contributed by atoms with E-state index < -0.39 is 17.5 Å². The summed E-state index contributed by atoms with van der Waals surface area (Å²) in [6.07, 6.45) is -4.45. The van der Waals surface area contributed by atoms with Gasteiger partial charge in [-0.15, -0.1) is 0 Å². The summed E-state index contributed by atoms with van der Waals surface area (Å²) in [5, 5.41) is 0. The average molecular weight is 231 g/mol. The fourth-order valence-electron chi connectivity index (χ4n) is 1.19. The Hall–Kier alpha value is -1.39. The van der Waals surface area contributed by atoms with Crippen LogP contribution in [-0.4, -0.2) is 10.8 Å². The van der Waals surface area contributed by atoms with Gasteiger partial charge in [-0.25, -0.2) is 4.98 Å². The van der Waals surface area contributed by atoms with Crippen LogP contribution >= 0.6 is 0 Å². The summed E-state index contributed by atoms with van der Waals surface area (Å²) in [7, 11) is 0. The minimum absolute atomic E-state index is 0.140. The lowest BCUT2D eigenvalue weighted by Crippen LogP contribution is -2.11. The lowest BCUT2D eigenvalue weighted by molar-refractivity contribution is -0.137. The number of Topliss-reactive ketones (excluding diaryl/α,β-unsaturated/α-hetero) is 1. The molecule has 0 unspecified atom stereocenters. The maximum atomic E-state index is 12.5. The predicted molar refractivity (Wildman–Crippen MR) is 53.3 cm³/mol. The number of carbonyl (C=O) groups is 1. The van der Waals surface area contributed by atoms with Crippen LogP contribution in [0.25, 0.3) is 0 Å². The molecule has 0 N–H and O–H groups in total. The van der Waals surface area contributed by atoms with Crippen LogP contribution in [0.1, 0.15) is 48.4 Å². The summed E-state index contributed by atoms with van der Waals surface area (Å²) in [5.41, 5.74) is -0.685. The van der Waals surface area contributed by atoms with Crippen LogP contribution in [0.4, 0.5) is 13.2 Å². The fraction of sp³-hybridized carbons (Fsp3) is 0.455. The van der Waals surface area contributed by atoms with Crippen LogP contribution in [0.5, 0.6) is 0 Å². The van der Waals surface area contributed by atoms with E-state index in [1.165, 1.54) is 6.92 Å². The number of ketones is 1. The summed E-state index contributed by atoms with van der Waals surface area (Å²) in [4.78, 5) is 15.0. The Bertz CT molecular complexity index is 410. The van der Waals surface area contributed by atoms with E-state index >= 15 is 0 Å². The second-order valence-corrected chi connectivity index (χ2v) is 3.87. The number of rotatable bonds is 2. The van der Waals surface area contributed by atoms with Crippen LogP contribution in [-0.2, 0) is 6.18 Å². The first kappa shape index (κ1) is 12.7. The molecule has 0 bridgehead atoms. The van der Waals surface area contributed by atoms with Crippen molar-refractivity contribution in [3.63, 3.8) is 0 Å². The zero-order valence-corrected chi connectivity index (χ0v) is 9.22. The Morgan fingerprint density at radius 3 is 2.25 bits per heavy atom. The van der Waals surface area contributed by atoms with E-state index in [9.17, 15) is 18.0 Å². The molecule has 1 heterocycles. The lowest BCUT2D eigenvalue weighted by atomic mass is 10.1. The minimum atomic E-state index is -4.45. The molecule has 0 aromatic carbocycles. The van der Waals surface area contributed by atoms with E-state index in [1.807, 2.05) is 0 Å². The van der Waals surface area contributed by atoms with Crippen molar-refractivity contribution in [1.29, 1.82) is 0 Å². The Kier molecular flexibility index (Phi) is 3.35. The zero-order valence-electron chi connectivity index (χ0n) is 9.22. The van der Waals surface area contributed by atoms with Crippen LogP contribution in [0.3, 0.4) is 0 Å². The highest BCUT2D eigenvalue weighted by Crippen LogP contribution is 2.31. The molecule has 0 saturated heterocycles. The van der Waals surface area contributed by atoms with Crippen molar-refractivity contribution in [2.45, 2.75) is 32.9 Å². The maximum Gasteiger partial charge on any atom is 0.416 e. The van der Waals surface area contributed by atoms with Gasteiger partial charge >= 0.3 is 6.18 Å². The van der Waals surface area contributed by atoms with E-state index in [1.54, 1.807) is 13.8 Å². The molecule has 0 saturated carbocycles. The molecule has 0 fully saturated rings. The van der Waals surface area contributed by atoms with Crippen molar-refractivity contribution in [3.05, 3.63) is 29.1 Å². The number of nitrogens with zero attached hydrogens (tertiary/aromatic N) is 1. The van der Waals surface area contributed by atoms with Gasteiger partial charge in [-0.05, 0) is 18.1 Å². The number of halogens is 3. The quantitative estimate of drug-likeness (QED) is 0.730. The van der Waals surface area contributed by atoms with Gasteiger partial charge in [0.25, 0.3) is 0 Å². The first-order valence-electron chi connectivity index (χ1n) is 4.82. The van der Waals surface area contributed by atoms with Crippen LogP contribution in [0.15, 0.2) is 12.1 Å². The predicted octanol–water partition coefficient (Wildman–Crippen LogP) is 3.43. The third-order valence-electron chi connectivity index (χ3n) is 2.12. The summed E-state index contributed by atoms with van der Waals surface area (Å²) >= 11 is 0. The molecule has 16 heavy (non-hydrogen) atoms. The van der Waals surface area contributed by atoms with E-state index in [0.717, 1.165) is 12.1 Å². The van der Waals surface area contributed by atoms with Crippen molar-refractivity contribution in [1.82, 2.24) is 4.98 Å². The van der Waals surface area contributed by atoms with Gasteiger partial charge in [-0.3, -0.25) is 4.79 Å². The first-order valence-corrected chi connectivity index (χ1v) is 4.82. The molecule has 2 nitrogen and oxygen atoms in total. The second kappa shape index (κ2) is 4.23. The number of carbonyl (C=O) groups excluding carboxylic acids is 1. The van der Waals surface area contributed by atoms with Crippen molar-refractivity contribution >= 4 is 5.78 Å². The van der Waals surface area contributed by atoms with E-state index in [0.29, 0.717) is 0 Å². The smallest absolute Gasteiger partial charge is 0.293 e. The van der Waals surface area contributed by atoms with Crippen LogP contribution in [0, 0.1) is 0 Å². The number of aromatic nitrogens is 1. The Labute approximate surface area is 91.5 Å². The number of pyridine rings is 1. The van der Waals surface area contributed by atoms with Gasteiger partial charge in [-0.2, -0.15) is 13.2 Å². The molecule has 88 valence electrons. The van der Waals surface area contributed by atoms with E-state index in [4.69, 9.17) is 0 Å². The van der Waals surface area contributed by atoms with E-state index in [-0.39, 0.29) is 17.3 Å². The molecule has 0 atom stereocenters. The van der Waals surface area contributed by atoms with Crippen molar-refractivity contribution < 1.29 is 18.0 Å². The molecule has 0 aliphatic heterocycles. The van der Waals surface area contributed by atoms with Crippen LogP contribution < -0.4 is 0 Å². The summed E-state index contributed by atoms with van der Waals surface area (Å²) < 4.78 is 37.6. The van der Waals surface area contributed by atoms with Gasteiger partial charge < -0.3 is 0 Å². The maximum absolute atomic E-state index is 12.5. The molecule has 5 heteroatoms. The van der Waals surface area contributed by atoms with Gasteiger partial charge in [0.05, 0.1) is 5.56 Å². The third kappa shape index (κ3) is 2.81. The molecule has 1 rings (SSSR count).